The highest BCUT2D eigenvalue weighted by Gasteiger charge is 2.19. The van der Waals surface area contributed by atoms with Gasteiger partial charge in [0, 0.05) is 25.4 Å². The average Bonchev–Trinajstić information content (AvgIpc) is 2.46. The molecule has 3 heteroatoms. The maximum Gasteiger partial charge on any atom is 0.0460 e. The average molecular weight is 290 g/mol. The van der Waals surface area contributed by atoms with Gasteiger partial charge >= 0.3 is 0 Å². The number of nitrogens with one attached hydrogen (secondary N) is 1. The van der Waals surface area contributed by atoms with Crippen molar-refractivity contribution in [1.82, 2.24) is 4.90 Å². The summed E-state index contributed by atoms with van der Waals surface area (Å²) in [6.07, 6.45) is 2.24. The van der Waals surface area contributed by atoms with Gasteiger partial charge in [0.1, 0.15) is 0 Å². The first-order valence-corrected chi connectivity index (χ1v) is 8.13. The van der Waals surface area contributed by atoms with Crippen LogP contribution < -0.4 is 5.32 Å². The van der Waals surface area contributed by atoms with Crippen molar-refractivity contribution in [3.8, 4) is 0 Å². The van der Waals surface area contributed by atoms with Crippen LogP contribution in [0.2, 0.25) is 0 Å². The molecule has 0 aromatic heterocycles. The lowest BCUT2D eigenvalue weighted by atomic mass is 9.96. The summed E-state index contributed by atoms with van der Waals surface area (Å²) in [5.74, 6) is 0.510. The zero-order valence-electron chi connectivity index (χ0n) is 13.7. The largest absolute Gasteiger partial charge is 0.396 e. The number of rotatable bonds is 5. The lowest BCUT2D eigenvalue weighted by molar-refractivity contribution is 0.127. The Morgan fingerprint density at radius 2 is 1.86 bits per heavy atom. The van der Waals surface area contributed by atoms with E-state index in [-0.39, 0.29) is 5.41 Å². The molecular formula is C18H30N2O. The molecule has 21 heavy (non-hydrogen) atoms. The van der Waals surface area contributed by atoms with E-state index in [1.54, 1.807) is 0 Å². The van der Waals surface area contributed by atoms with Gasteiger partial charge in [0.25, 0.3) is 0 Å². The lowest BCUT2D eigenvalue weighted by Gasteiger charge is -2.31. The maximum absolute atomic E-state index is 9.23. The highest BCUT2D eigenvalue weighted by atomic mass is 16.3. The van der Waals surface area contributed by atoms with Crippen molar-refractivity contribution < 1.29 is 5.11 Å². The smallest absolute Gasteiger partial charge is 0.0460 e. The number of hydrogen-bond acceptors (Lipinski definition) is 3. The third-order valence-electron chi connectivity index (χ3n) is 4.19. The Kier molecular flexibility index (Phi) is 5.65. The molecule has 0 atom stereocenters. The number of aliphatic hydroxyl groups is 1. The molecule has 1 aliphatic heterocycles. The normalized spacial score (nSPS) is 17.9. The van der Waals surface area contributed by atoms with Crippen molar-refractivity contribution in [3.05, 3.63) is 29.8 Å². The van der Waals surface area contributed by atoms with Crippen LogP contribution in [0.4, 0.5) is 5.69 Å². The Morgan fingerprint density at radius 1 is 1.19 bits per heavy atom. The van der Waals surface area contributed by atoms with Crippen LogP contribution in [0.3, 0.4) is 0 Å². The second kappa shape index (κ2) is 7.28. The number of para-hydroxylation sites is 1. The standard InChI is InChI=1S/C18H30N2O/c1-18(2,3)14-19-17-7-5-4-6-16(17)12-20-10-8-15(13-21)9-11-20/h4-7,15,19,21H,8-14H2,1-3H3. The number of aliphatic hydroxyl groups excluding tert-OH is 1. The molecule has 0 amide bonds. The highest BCUT2D eigenvalue weighted by Crippen LogP contribution is 2.23. The van der Waals surface area contributed by atoms with Gasteiger partial charge in [0.15, 0.2) is 0 Å². The number of nitrogens with zero attached hydrogens (tertiary/aromatic N) is 1. The number of likely N-dealkylation sites (tertiary alicyclic amines) is 1. The van der Waals surface area contributed by atoms with Crippen LogP contribution in [-0.4, -0.2) is 36.2 Å². The summed E-state index contributed by atoms with van der Waals surface area (Å²) in [6, 6.07) is 8.63. The van der Waals surface area contributed by atoms with E-state index in [0.29, 0.717) is 12.5 Å². The zero-order valence-corrected chi connectivity index (χ0v) is 13.7. The van der Waals surface area contributed by atoms with E-state index < -0.39 is 0 Å². The van der Waals surface area contributed by atoms with E-state index in [9.17, 15) is 5.11 Å². The lowest BCUT2D eigenvalue weighted by Crippen LogP contribution is -2.34. The molecule has 0 saturated carbocycles. The van der Waals surface area contributed by atoms with Gasteiger partial charge in [-0.15, -0.1) is 0 Å². The molecule has 1 fully saturated rings. The molecule has 118 valence electrons. The first kappa shape index (κ1) is 16.3. The number of anilines is 1. The fraction of sp³-hybridized carbons (Fsp3) is 0.667. The van der Waals surface area contributed by atoms with E-state index >= 15 is 0 Å². The minimum absolute atomic E-state index is 0.284. The van der Waals surface area contributed by atoms with Crippen molar-refractivity contribution >= 4 is 5.69 Å². The van der Waals surface area contributed by atoms with Crippen molar-refractivity contribution in [1.29, 1.82) is 0 Å². The van der Waals surface area contributed by atoms with Crippen LogP contribution in [0.25, 0.3) is 0 Å². The van der Waals surface area contributed by atoms with Gasteiger partial charge in [-0.05, 0) is 48.9 Å². The second-order valence-electron chi connectivity index (χ2n) is 7.47. The molecule has 2 rings (SSSR count). The van der Waals surface area contributed by atoms with Gasteiger partial charge < -0.3 is 10.4 Å². The summed E-state index contributed by atoms with van der Waals surface area (Å²) in [5.41, 5.74) is 2.92. The fourth-order valence-corrected chi connectivity index (χ4v) is 2.76. The molecule has 0 radical (unpaired) electrons. The molecule has 1 aromatic carbocycles. The first-order chi connectivity index (χ1) is 9.98. The van der Waals surface area contributed by atoms with Gasteiger partial charge in [-0.25, -0.2) is 0 Å². The molecule has 1 aromatic rings. The zero-order chi connectivity index (χ0) is 15.3. The van der Waals surface area contributed by atoms with Crippen LogP contribution in [0.5, 0.6) is 0 Å². The van der Waals surface area contributed by atoms with Crippen LogP contribution >= 0.6 is 0 Å². The number of hydrogen-bond donors (Lipinski definition) is 2. The van der Waals surface area contributed by atoms with Crippen molar-refractivity contribution in [2.45, 2.75) is 40.2 Å². The maximum atomic E-state index is 9.23. The topological polar surface area (TPSA) is 35.5 Å². The van der Waals surface area contributed by atoms with E-state index in [1.165, 1.54) is 11.3 Å². The minimum atomic E-state index is 0.284. The molecule has 1 saturated heterocycles. The quantitative estimate of drug-likeness (QED) is 0.873. The summed E-state index contributed by atoms with van der Waals surface area (Å²) in [6.45, 7) is 11.3. The summed E-state index contributed by atoms with van der Waals surface area (Å²) >= 11 is 0. The van der Waals surface area contributed by atoms with Crippen molar-refractivity contribution in [3.63, 3.8) is 0 Å². The van der Waals surface area contributed by atoms with Gasteiger partial charge in [-0.2, -0.15) is 0 Å². The molecule has 1 heterocycles. The second-order valence-corrected chi connectivity index (χ2v) is 7.47. The number of piperidine rings is 1. The Morgan fingerprint density at radius 3 is 2.48 bits per heavy atom. The summed E-state index contributed by atoms with van der Waals surface area (Å²) in [5, 5.41) is 12.8. The first-order valence-electron chi connectivity index (χ1n) is 8.13. The van der Waals surface area contributed by atoms with Crippen LogP contribution in [0, 0.1) is 11.3 Å². The molecule has 0 spiro atoms. The Balaban J connectivity index is 1.94. The number of benzene rings is 1. The van der Waals surface area contributed by atoms with Crippen LogP contribution in [0.1, 0.15) is 39.2 Å². The third kappa shape index (κ3) is 5.33. The van der Waals surface area contributed by atoms with Gasteiger partial charge in [0.05, 0.1) is 0 Å². The van der Waals surface area contributed by atoms with E-state index in [4.69, 9.17) is 0 Å². The summed E-state index contributed by atoms with van der Waals surface area (Å²) in [7, 11) is 0. The van der Waals surface area contributed by atoms with E-state index in [0.717, 1.165) is 39.0 Å². The SMILES string of the molecule is CC(C)(C)CNc1ccccc1CN1CCC(CO)CC1. The van der Waals surface area contributed by atoms with Crippen LogP contribution in [-0.2, 0) is 6.54 Å². The van der Waals surface area contributed by atoms with E-state index in [1.807, 2.05) is 0 Å². The van der Waals surface area contributed by atoms with Crippen molar-refractivity contribution in [2.75, 3.05) is 31.6 Å². The molecule has 1 aliphatic rings. The van der Waals surface area contributed by atoms with E-state index in [2.05, 4.69) is 55.3 Å². The third-order valence-corrected chi connectivity index (χ3v) is 4.19. The molecule has 2 N–H and O–H groups in total. The van der Waals surface area contributed by atoms with Gasteiger partial charge in [-0.1, -0.05) is 39.0 Å². The predicted octanol–water partition coefficient (Wildman–Crippen LogP) is 3.35. The molecular weight excluding hydrogens is 260 g/mol. The highest BCUT2D eigenvalue weighted by molar-refractivity contribution is 5.51. The Bertz CT molecular complexity index is 431. The molecule has 0 unspecified atom stereocenters. The van der Waals surface area contributed by atoms with Crippen LogP contribution in [0.15, 0.2) is 24.3 Å². The summed E-state index contributed by atoms with van der Waals surface area (Å²) in [4.78, 5) is 2.50. The molecule has 0 bridgehead atoms. The Labute approximate surface area is 129 Å². The monoisotopic (exact) mass is 290 g/mol. The predicted molar refractivity (Wildman–Crippen MR) is 89.5 cm³/mol. The summed E-state index contributed by atoms with van der Waals surface area (Å²) < 4.78 is 0. The van der Waals surface area contributed by atoms with Gasteiger partial charge in [-0.3, -0.25) is 4.90 Å². The van der Waals surface area contributed by atoms with Gasteiger partial charge in [0.2, 0.25) is 0 Å². The fourth-order valence-electron chi connectivity index (χ4n) is 2.76. The molecule has 0 aliphatic carbocycles. The Hall–Kier alpha value is -1.06. The minimum Gasteiger partial charge on any atom is -0.396 e. The van der Waals surface area contributed by atoms with Crippen molar-refractivity contribution in [2.24, 2.45) is 11.3 Å². The molecule has 3 nitrogen and oxygen atoms in total.